The maximum atomic E-state index is 12.9. The van der Waals surface area contributed by atoms with Crippen molar-refractivity contribution in [2.75, 3.05) is 38.7 Å². The second kappa shape index (κ2) is 6.02. The van der Waals surface area contributed by atoms with E-state index in [1.54, 1.807) is 30.1 Å². The van der Waals surface area contributed by atoms with Gasteiger partial charge in [-0.25, -0.2) is 0 Å². The Balaban J connectivity index is 1.90. The zero-order valence-corrected chi connectivity index (χ0v) is 13.6. The van der Waals surface area contributed by atoms with Gasteiger partial charge >= 0.3 is 5.97 Å². The lowest BCUT2D eigenvalue weighted by Gasteiger charge is -2.33. The van der Waals surface area contributed by atoms with Crippen LogP contribution < -0.4 is 5.32 Å². The van der Waals surface area contributed by atoms with Crippen LogP contribution in [-0.4, -0.2) is 55.2 Å². The smallest absolute Gasteiger partial charge is 0.311 e. The maximum absolute atomic E-state index is 12.9. The molecule has 1 aromatic rings. The van der Waals surface area contributed by atoms with Gasteiger partial charge in [-0.15, -0.1) is 0 Å². The highest BCUT2D eigenvalue weighted by atomic mass is 35.5. The minimum absolute atomic E-state index is 0.171. The number of aliphatic carboxylic acids is 1. The van der Waals surface area contributed by atoms with E-state index in [0.29, 0.717) is 42.5 Å². The van der Waals surface area contributed by atoms with Crippen molar-refractivity contribution < 1.29 is 19.4 Å². The van der Waals surface area contributed by atoms with E-state index in [-0.39, 0.29) is 18.4 Å². The Kier molecular flexibility index (Phi) is 4.21. The van der Waals surface area contributed by atoms with Crippen LogP contribution in [0.5, 0.6) is 0 Å². The van der Waals surface area contributed by atoms with Crippen molar-refractivity contribution in [3.05, 3.63) is 28.8 Å². The van der Waals surface area contributed by atoms with Gasteiger partial charge in [0.05, 0.1) is 17.6 Å². The topological polar surface area (TPSA) is 78.9 Å². The first-order chi connectivity index (χ1) is 11.0. The van der Waals surface area contributed by atoms with Gasteiger partial charge in [0.1, 0.15) is 0 Å². The normalized spacial score (nSPS) is 26.7. The van der Waals surface area contributed by atoms with E-state index < -0.39 is 11.4 Å². The van der Waals surface area contributed by atoms with Crippen molar-refractivity contribution in [2.45, 2.75) is 6.42 Å². The van der Waals surface area contributed by atoms with Crippen LogP contribution in [0.3, 0.4) is 0 Å². The number of carboxylic acids is 1. The standard InChI is InChI=1S/C16H19ClN2O4/c1-18-13-3-2-11(17)6-12(13)14(20)19-7-10-8-23-5-4-16(10,9-19)15(21)22/h2-3,6,10,18H,4-5,7-9H2,1H3,(H,21,22)/t10-,16+/m1/s1. The molecule has 0 radical (unpaired) electrons. The number of nitrogens with zero attached hydrogens (tertiary/aromatic N) is 1. The number of likely N-dealkylation sites (tertiary alicyclic amines) is 1. The minimum Gasteiger partial charge on any atom is -0.481 e. The Hall–Kier alpha value is -1.79. The van der Waals surface area contributed by atoms with E-state index in [4.69, 9.17) is 16.3 Å². The first-order valence-corrected chi connectivity index (χ1v) is 7.93. The Morgan fingerprint density at radius 3 is 2.91 bits per heavy atom. The fourth-order valence-corrected chi connectivity index (χ4v) is 3.71. The summed E-state index contributed by atoms with van der Waals surface area (Å²) in [6.45, 7) is 1.40. The van der Waals surface area contributed by atoms with Gasteiger partial charge in [-0.2, -0.15) is 0 Å². The van der Waals surface area contributed by atoms with Gasteiger partial charge in [0.25, 0.3) is 5.91 Å². The summed E-state index contributed by atoms with van der Waals surface area (Å²) in [6.07, 6.45) is 0.436. The molecule has 3 rings (SSSR count). The van der Waals surface area contributed by atoms with Crippen molar-refractivity contribution in [1.82, 2.24) is 4.90 Å². The Labute approximate surface area is 139 Å². The van der Waals surface area contributed by atoms with Crippen LogP contribution in [0.1, 0.15) is 16.8 Å². The fourth-order valence-electron chi connectivity index (χ4n) is 3.54. The van der Waals surface area contributed by atoms with Gasteiger partial charge in [0.15, 0.2) is 0 Å². The number of rotatable bonds is 3. The molecule has 7 heteroatoms. The summed E-state index contributed by atoms with van der Waals surface area (Å²) in [5, 5.41) is 13.1. The lowest BCUT2D eigenvalue weighted by atomic mass is 9.74. The molecule has 2 atom stereocenters. The molecule has 0 saturated carbocycles. The largest absolute Gasteiger partial charge is 0.481 e. The summed E-state index contributed by atoms with van der Waals surface area (Å²) < 4.78 is 5.42. The highest BCUT2D eigenvalue weighted by molar-refractivity contribution is 6.31. The molecule has 2 saturated heterocycles. The Morgan fingerprint density at radius 2 is 2.26 bits per heavy atom. The van der Waals surface area contributed by atoms with E-state index in [9.17, 15) is 14.7 Å². The molecule has 0 aliphatic carbocycles. The lowest BCUT2D eigenvalue weighted by Crippen LogP contribution is -2.45. The summed E-state index contributed by atoms with van der Waals surface area (Å²) in [5.74, 6) is -1.22. The first-order valence-electron chi connectivity index (χ1n) is 7.55. The number of nitrogens with one attached hydrogen (secondary N) is 1. The van der Waals surface area contributed by atoms with Crippen LogP contribution in [-0.2, 0) is 9.53 Å². The van der Waals surface area contributed by atoms with Gasteiger partial charge in [-0.05, 0) is 24.6 Å². The molecule has 1 aromatic carbocycles. The molecule has 0 spiro atoms. The lowest BCUT2D eigenvalue weighted by molar-refractivity contribution is -0.157. The number of carbonyl (C=O) groups is 2. The van der Waals surface area contributed by atoms with Crippen LogP contribution in [0.25, 0.3) is 0 Å². The van der Waals surface area contributed by atoms with Crippen LogP contribution in [0.4, 0.5) is 5.69 Å². The van der Waals surface area contributed by atoms with Crippen molar-refractivity contribution in [3.8, 4) is 0 Å². The van der Waals surface area contributed by atoms with Gasteiger partial charge in [-0.1, -0.05) is 11.6 Å². The number of carbonyl (C=O) groups excluding carboxylic acids is 1. The molecular weight excluding hydrogens is 320 g/mol. The fraction of sp³-hybridized carbons (Fsp3) is 0.500. The molecule has 2 fully saturated rings. The van der Waals surface area contributed by atoms with Crippen LogP contribution in [0.15, 0.2) is 18.2 Å². The molecule has 0 bridgehead atoms. The highest BCUT2D eigenvalue weighted by Crippen LogP contribution is 2.43. The van der Waals surface area contributed by atoms with Crippen molar-refractivity contribution >= 4 is 29.2 Å². The van der Waals surface area contributed by atoms with E-state index in [0.717, 1.165) is 0 Å². The van der Waals surface area contributed by atoms with Gasteiger partial charge in [-0.3, -0.25) is 9.59 Å². The molecule has 1 amide bonds. The number of hydrogen-bond donors (Lipinski definition) is 2. The van der Waals surface area contributed by atoms with E-state index in [1.807, 2.05) is 0 Å². The van der Waals surface area contributed by atoms with Crippen molar-refractivity contribution in [3.63, 3.8) is 0 Å². The number of ether oxygens (including phenoxy) is 1. The van der Waals surface area contributed by atoms with Gasteiger partial charge in [0, 0.05) is 43.4 Å². The van der Waals surface area contributed by atoms with Gasteiger partial charge in [0.2, 0.25) is 0 Å². The zero-order chi connectivity index (χ0) is 16.6. The van der Waals surface area contributed by atoms with E-state index >= 15 is 0 Å². The van der Waals surface area contributed by atoms with Crippen LogP contribution >= 0.6 is 11.6 Å². The quantitative estimate of drug-likeness (QED) is 0.880. The summed E-state index contributed by atoms with van der Waals surface area (Å²) in [4.78, 5) is 26.3. The number of anilines is 1. The molecule has 0 unspecified atom stereocenters. The molecule has 6 nitrogen and oxygen atoms in total. The molecule has 0 aromatic heterocycles. The molecular formula is C16H19ClN2O4. The molecule has 2 N–H and O–H groups in total. The summed E-state index contributed by atoms with van der Waals surface area (Å²) in [5.41, 5.74) is 0.238. The first kappa shape index (κ1) is 16.1. The number of carboxylic acid groups (broad SMARTS) is 1. The number of amides is 1. The molecule has 2 heterocycles. The summed E-state index contributed by atoms with van der Waals surface area (Å²) in [7, 11) is 1.73. The van der Waals surface area contributed by atoms with Gasteiger partial charge < -0.3 is 20.1 Å². The molecule has 124 valence electrons. The van der Waals surface area contributed by atoms with Crippen LogP contribution in [0.2, 0.25) is 5.02 Å². The van der Waals surface area contributed by atoms with Crippen molar-refractivity contribution in [1.29, 1.82) is 0 Å². The average Bonchev–Trinajstić information content (AvgIpc) is 2.95. The SMILES string of the molecule is CNc1ccc(Cl)cc1C(=O)N1C[C@@H]2COCC[C@]2(C(=O)O)C1. The minimum atomic E-state index is -0.897. The van der Waals surface area contributed by atoms with E-state index in [2.05, 4.69) is 5.32 Å². The third-order valence-electron chi connectivity index (χ3n) is 4.90. The third kappa shape index (κ3) is 2.66. The number of benzene rings is 1. The average molecular weight is 339 g/mol. The number of fused-ring (bicyclic) bond motifs is 1. The predicted molar refractivity (Wildman–Crippen MR) is 85.9 cm³/mol. The number of hydrogen-bond acceptors (Lipinski definition) is 4. The third-order valence-corrected chi connectivity index (χ3v) is 5.14. The Bertz CT molecular complexity index is 651. The van der Waals surface area contributed by atoms with Crippen LogP contribution in [0, 0.1) is 11.3 Å². The summed E-state index contributed by atoms with van der Waals surface area (Å²) in [6, 6.07) is 5.07. The van der Waals surface area contributed by atoms with Crippen molar-refractivity contribution in [2.24, 2.45) is 11.3 Å². The molecule has 23 heavy (non-hydrogen) atoms. The summed E-state index contributed by atoms with van der Waals surface area (Å²) >= 11 is 6.01. The molecule has 2 aliphatic rings. The molecule has 2 aliphatic heterocycles. The number of halogens is 1. The highest BCUT2D eigenvalue weighted by Gasteiger charge is 2.55. The zero-order valence-electron chi connectivity index (χ0n) is 12.8. The predicted octanol–water partition coefficient (Wildman–Crippen LogP) is 1.94. The van der Waals surface area contributed by atoms with E-state index in [1.165, 1.54) is 0 Å². The second-order valence-corrected chi connectivity index (χ2v) is 6.55. The second-order valence-electron chi connectivity index (χ2n) is 6.11. The maximum Gasteiger partial charge on any atom is 0.311 e. The Morgan fingerprint density at radius 1 is 1.48 bits per heavy atom. The monoisotopic (exact) mass is 338 g/mol.